The summed E-state index contributed by atoms with van der Waals surface area (Å²) in [5.74, 6) is 1.61. The van der Waals surface area contributed by atoms with E-state index in [2.05, 4.69) is 15.0 Å². The van der Waals surface area contributed by atoms with Gasteiger partial charge in [-0.2, -0.15) is 4.98 Å². The first-order valence-corrected chi connectivity index (χ1v) is 7.65. The summed E-state index contributed by atoms with van der Waals surface area (Å²) in [4.78, 5) is 20.5. The first kappa shape index (κ1) is 15.9. The Balaban J connectivity index is 1.73. The van der Waals surface area contributed by atoms with E-state index < -0.39 is 0 Å². The van der Waals surface area contributed by atoms with Gasteiger partial charge in [0.15, 0.2) is 5.82 Å². The first-order valence-electron chi connectivity index (χ1n) is 7.65. The third-order valence-electron chi connectivity index (χ3n) is 3.72. The zero-order valence-electron chi connectivity index (χ0n) is 12.9. The van der Waals surface area contributed by atoms with Crippen LogP contribution in [-0.2, 0) is 17.8 Å². The fourth-order valence-electron chi connectivity index (χ4n) is 2.36. The van der Waals surface area contributed by atoms with Crippen LogP contribution in [0.1, 0.15) is 38.4 Å². The lowest BCUT2D eigenvalue weighted by Crippen LogP contribution is -2.48. The van der Waals surface area contributed by atoms with Crippen LogP contribution in [-0.4, -0.2) is 58.1 Å². The molecular formula is C14H25N5O2. The summed E-state index contributed by atoms with van der Waals surface area (Å²) in [7, 11) is 0. The van der Waals surface area contributed by atoms with Gasteiger partial charge in [0.1, 0.15) is 0 Å². The quantitative estimate of drug-likeness (QED) is 0.817. The molecule has 0 spiro atoms. The Labute approximate surface area is 125 Å². The number of piperazine rings is 1. The molecule has 1 aliphatic heterocycles. The van der Waals surface area contributed by atoms with E-state index in [0.29, 0.717) is 18.9 Å². The van der Waals surface area contributed by atoms with E-state index in [0.717, 1.165) is 44.8 Å². The van der Waals surface area contributed by atoms with Crippen LogP contribution in [0.15, 0.2) is 4.52 Å². The fourth-order valence-corrected chi connectivity index (χ4v) is 2.36. The molecule has 21 heavy (non-hydrogen) atoms. The lowest BCUT2D eigenvalue weighted by Gasteiger charge is -2.34. The van der Waals surface area contributed by atoms with Crippen LogP contribution in [0.4, 0.5) is 0 Å². The second-order valence-electron chi connectivity index (χ2n) is 5.63. The molecule has 2 rings (SSSR count). The van der Waals surface area contributed by atoms with Crippen molar-refractivity contribution in [3.05, 3.63) is 11.7 Å². The summed E-state index contributed by atoms with van der Waals surface area (Å²) in [5.41, 5.74) is 5.69. The molecule has 118 valence electrons. The normalized spacial score (nSPS) is 18.0. The molecule has 1 atom stereocenters. The third-order valence-corrected chi connectivity index (χ3v) is 3.72. The highest BCUT2D eigenvalue weighted by Crippen LogP contribution is 2.09. The van der Waals surface area contributed by atoms with E-state index in [1.165, 1.54) is 0 Å². The van der Waals surface area contributed by atoms with Gasteiger partial charge < -0.3 is 15.2 Å². The van der Waals surface area contributed by atoms with E-state index in [1.807, 2.05) is 18.7 Å². The van der Waals surface area contributed by atoms with Crippen molar-refractivity contribution >= 4 is 5.91 Å². The molecule has 7 nitrogen and oxygen atoms in total. The molecule has 7 heteroatoms. The van der Waals surface area contributed by atoms with Crippen LogP contribution in [0.25, 0.3) is 0 Å². The topological polar surface area (TPSA) is 88.5 Å². The summed E-state index contributed by atoms with van der Waals surface area (Å²) >= 11 is 0. The Hall–Kier alpha value is -1.47. The van der Waals surface area contributed by atoms with Gasteiger partial charge in [-0.3, -0.25) is 9.69 Å². The molecule has 0 aliphatic carbocycles. The van der Waals surface area contributed by atoms with Crippen LogP contribution in [0.2, 0.25) is 0 Å². The van der Waals surface area contributed by atoms with Gasteiger partial charge in [0.2, 0.25) is 11.8 Å². The van der Waals surface area contributed by atoms with Gasteiger partial charge in [0, 0.05) is 45.1 Å². The highest BCUT2D eigenvalue weighted by molar-refractivity contribution is 5.76. The minimum absolute atomic E-state index is 0.0845. The van der Waals surface area contributed by atoms with Crippen LogP contribution in [0.3, 0.4) is 0 Å². The van der Waals surface area contributed by atoms with E-state index >= 15 is 0 Å². The molecule has 1 unspecified atom stereocenters. The van der Waals surface area contributed by atoms with Crippen molar-refractivity contribution in [1.82, 2.24) is 19.9 Å². The minimum atomic E-state index is 0.0845. The van der Waals surface area contributed by atoms with Crippen molar-refractivity contribution in [3.63, 3.8) is 0 Å². The molecule has 0 bridgehead atoms. The molecule has 1 aromatic heterocycles. The Morgan fingerprint density at radius 2 is 2.10 bits per heavy atom. The maximum Gasteiger partial charge on any atom is 0.226 e. The van der Waals surface area contributed by atoms with Crippen molar-refractivity contribution in [2.45, 2.75) is 45.7 Å². The summed E-state index contributed by atoms with van der Waals surface area (Å²) in [6.07, 6.45) is 2.05. The summed E-state index contributed by atoms with van der Waals surface area (Å²) in [6.45, 7) is 7.82. The predicted octanol–water partition coefficient (Wildman–Crippen LogP) is 0.404. The van der Waals surface area contributed by atoms with Crippen molar-refractivity contribution in [3.8, 4) is 0 Å². The standard InChI is InChI=1S/C14H25N5O2/c1-3-13-16-12(17-21-13)10-18-6-8-19(9-7-18)14(20)5-4-11(2)15/h11H,3-10,15H2,1-2H3. The number of nitrogens with zero attached hydrogens (tertiary/aromatic N) is 4. The SMILES string of the molecule is CCc1nc(CN2CCN(C(=O)CCC(C)N)CC2)no1. The van der Waals surface area contributed by atoms with Crippen LogP contribution in [0, 0.1) is 0 Å². The molecule has 0 radical (unpaired) electrons. The Kier molecular flexibility index (Phi) is 5.69. The molecule has 1 aromatic rings. The molecule has 2 N–H and O–H groups in total. The zero-order chi connectivity index (χ0) is 15.2. The van der Waals surface area contributed by atoms with E-state index in [9.17, 15) is 4.79 Å². The molecular weight excluding hydrogens is 270 g/mol. The second-order valence-corrected chi connectivity index (χ2v) is 5.63. The van der Waals surface area contributed by atoms with Gasteiger partial charge in [-0.05, 0) is 13.3 Å². The maximum absolute atomic E-state index is 12.0. The average Bonchev–Trinajstić information content (AvgIpc) is 2.93. The van der Waals surface area contributed by atoms with Crippen LogP contribution in [0.5, 0.6) is 0 Å². The Morgan fingerprint density at radius 3 is 2.67 bits per heavy atom. The number of rotatable bonds is 6. The number of aryl methyl sites for hydroxylation is 1. The monoisotopic (exact) mass is 295 g/mol. The lowest BCUT2D eigenvalue weighted by atomic mass is 10.1. The number of hydrogen-bond acceptors (Lipinski definition) is 6. The number of aromatic nitrogens is 2. The molecule has 2 heterocycles. The van der Waals surface area contributed by atoms with Gasteiger partial charge in [0.25, 0.3) is 0 Å². The number of nitrogens with two attached hydrogens (primary N) is 1. The number of hydrogen-bond donors (Lipinski definition) is 1. The second kappa shape index (κ2) is 7.51. The van der Waals surface area contributed by atoms with Gasteiger partial charge in [-0.15, -0.1) is 0 Å². The fraction of sp³-hybridized carbons (Fsp3) is 0.786. The summed E-state index contributed by atoms with van der Waals surface area (Å²) < 4.78 is 5.10. The van der Waals surface area contributed by atoms with Gasteiger partial charge in [-0.1, -0.05) is 12.1 Å². The molecule has 1 saturated heterocycles. The first-order chi connectivity index (χ1) is 10.1. The Bertz CT molecular complexity index is 452. The van der Waals surface area contributed by atoms with Gasteiger partial charge >= 0.3 is 0 Å². The van der Waals surface area contributed by atoms with Crippen LogP contribution >= 0.6 is 0 Å². The van der Waals surface area contributed by atoms with Gasteiger partial charge in [-0.25, -0.2) is 0 Å². The number of carbonyl (C=O) groups is 1. The maximum atomic E-state index is 12.0. The summed E-state index contributed by atoms with van der Waals surface area (Å²) in [5, 5.41) is 3.96. The summed E-state index contributed by atoms with van der Waals surface area (Å²) in [6, 6.07) is 0.0845. The highest BCUT2D eigenvalue weighted by Gasteiger charge is 2.22. The van der Waals surface area contributed by atoms with Crippen molar-refractivity contribution < 1.29 is 9.32 Å². The smallest absolute Gasteiger partial charge is 0.226 e. The van der Waals surface area contributed by atoms with E-state index in [-0.39, 0.29) is 11.9 Å². The van der Waals surface area contributed by atoms with E-state index in [4.69, 9.17) is 10.3 Å². The molecule has 0 aromatic carbocycles. The van der Waals surface area contributed by atoms with Crippen molar-refractivity contribution in [2.75, 3.05) is 26.2 Å². The molecule has 0 saturated carbocycles. The minimum Gasteiger partial charge on any atom is -0.340 e. The molecule has 1 aliphatic rings. The van der Waals surface area contributed by atoms with Crippen LogP contribution < -0.4 is 5.73 Å². The van der Waals surface area contributed by atoms with Gasteiger partial charge in [0.05, 0.1) is 6.54 Å². The Morgan fingerprint density at radius 1 is 1.38 bits per heavy atom. The predicted molar refractivity (Wildman–Crippen MR) is 78.4 cm³/mol. The zero-order valence-corrected chi connectivity index (χ0v) is 12.9. The van der Waals surface area contributed by atoms with Crippen molar-refractivity contribution in [2.24, 2.45) is 5.73 Å². The van der Waals surface area contributed by atoms with E-state index in [1.54, 1.807) is 0 Å². The van der Waals surface area contributed by atoms with Crippen molar-refractivity contribution in [1.29, 1.82) is 0 Å². The largest absolute Gasteiger partial charge is 0.340 e. The third kappa shape index (κ3) is 4.78. The highest BCUT2D eigenvalue weighted by atomic mass is 16.5. The lowest BCUT2D eigenvalue weighted by molar-refractivity contribution is -0.133. The average molecular weight is 295 g/mol. The number of amides is 1. The molecule has 1 amide bonds. The number of carbonyl (C=O) groups excluding carboxylic acids is 1. The molecule has 1 fully saturated rings.